The second-order valence-electron chi connectivity index (χ2n) is 10.9. The van der Waals surface area contributed by atoms with Gasteiger partial charge in [-0.1, -0.05) is 18.1 Å². The highest BCUT2D eigenvalue weighted by atomic mass is 79.9. The van der Waals surface area contributed by atoms with Crippen LogP contribution in [0.3, 0.4) is 0 Å². The number of carbonyl (C=O) groups excluding carboxylic acids is 2. The van der Waals surface area contributed by atoms with Crippen molar-refractivity contribution in [2.75, 3.05) is 30.9 Å². The zero-order valence-electron chi connectivity index (χ0n) is 28.5. The van der Waals surface area contributed by atoms with E-state index in [0.29, 0.717) is 39.2 Å². The van der Waals surface area contributed by atoms with Crippen LogP contribution in [0.5, 0.6) is 0 Å². The van der Waals surface area contributed by atoms with Gasteiger partial charge in [0.15, 0.2) is 34.8 Å². The number of benzene rings is 2. The number of fused-ring (bicyclic) bond motifs is 2. The van der Waals surface area contributed by atoms with Gasteiger partial charge < -0.3 is 43.0 Å². The second-order valence-corrected chi connectivity index (χ2v) is 11.7. The Labute approximate surface area is 309 Å². The van der Waals surface area contributed by atoms with E-state index in [1.54, 1.807) is 6.20 Å². The number of H-pyrrole nitrogens is 2. The van der Waals surface area contributed by atoms with Crippen LogP contribution in [0.25, 0.3) is 45.1 Å². The molecule has 53 heavy (non-hydrogen) atoms. The smallest absolute Gasteiger partial charge is 0.360 e. The summed E-state index contributed by atoms with van der Waals surface area (Å²) in [5, 5.41) is 2.37. The molecule has 2 amide bonds. The van der Waals surface area contributed by atoms with Gasteiger partial charge in [0, 0.05) is 12.4 Å². The molecule has 0 unspecified atom stereocenters. The van der Waals surface area contributed by atoms with E-state index in [-0.39, 0.29) is 23.9 Å². The van der Waals surface area contributed by atoms with Gasteiger partial charge in [-0.15, -0.1) is 0 Å². The molecule has 19 heteroatoms. The number of aromatic amines is 2. The largest absolute Gasteiger partial charge is 0.464 e. The third kappa shape index (κ3) is 9.53. The number of ether oxygens (including phenoxy) is 1. The minimum Gasteiger partial charge on any atom is -0.464 e. The number of nitrogens with two attached hydrogens (primary N) is 4. The molecule has 7 rings (SSSR count). The van der Waals surface area contributed by atoms with Gasteiger partial charge in [0.05, 0.1) is 48.1 Å². The van der Waals surface area contributed by atoms with Crippen molar-refractivity contribution in [3.63, 3.8) is 0 Å². The lowest BCUT2D eigenvalue weighted by Gasteiger charge is -2.00. The molecule has 0 aliphatic heterocycles. The molecule has 18 nitrogen and oxygen atoms in total. The third-order valence-electron chi connectivity index (χ3n) is 6.97. The molecule has 0 aliphatic carbocycles. The van der Waals surface area contributed by atoms with Crippen molar-refractivity contribution in [2.45, 2.75) is 13.8 Å². The average molecular weight is 779 g/mol. The lowest BCUT2D eigenvalue weighted by atomic mass is 10.2. The van der Waals surface area contributed by atoms with E-state index in [9.17, 15) is 9.59 Å². The number of esters is 1. The molecule has 0 radical (unpaired) electrons. The minimum absolute atomic E-state index is 0.0509. The summed E-state index contributed by atoms with van der Waals surface area (Å²) in [5.74, 6) is 6.79. The molecule has 0 saturated carbocycles. The number of nitrogen functional groups attached to an aromatic ring is 3. The molecular weight excluding hydrogens is 746 g/mol. The number of hydrogen-bond donors (Lipinski definition) is 7. The van der Waals surface area contributed by atoms with E-state index in [2.05, 4.69) is 87.7 Å². The highest BCUT2D eigenvalue weighted by Crippen LogP contribution is 2.25. The van der Waals surface area contributed by atoms with Crippen LogP contribution in [-0.2, 0) is 4.74 Å². The Hall–Kier alpha value is -7.20. The van der Waals surface area contributed by atoms with Crippen molar-refractivity contribution in [1.82, 2.24) is 55.2 Å². The Morgan fingerprint density at radius 1 is 0.792 bits per heavy atom. The van der Waals surface area contributed by atoms with Gasteiger partial charge in [-0.25, -0.2) is 49.5 Å². The molecule has 7 aromatic rings. The SMILES string of the molecule is COC(=O)c1nccnc1N.Cc1ccc2nc(-c3nc(Br)cnc3N)[nH]c2c1.Cc1ccc2nc(-c3nc(C#CCNC(N)=O)cnc3N)[nH]c2c1. The number of rotatable bonds is 4. The number of anilines is 3. The number of aromatic nitrogens is 10. The molecule has 11 N–H and O–H groups in total. The van der Waals surface area contributed by atoms with E-state index < -0.39 is 12.0 Å². The monoisotopic (exact) mass is 777 g/mol. The van der Waals surface area contributed by atoms with E-state index in [0.717, 1.165) is 27.6 Å². The predicted molar refractivity (Wildman–Crippen MR) is 202 cm³/mol. The quantitative estimate of drug-likeness (QED) is 0.0995. The molecule has 0 bridgehead atoms. The summed E-state index contributed by atoms with van der Waals surface area (Å²) in [6.45, 7) is 4.16. The highest BCUT2D eigenvalue weighted by molar-refractivity contribution is 9.10. The molecule has 0 atom stereocenters. The molecule has 5 heterocycles. The molecular formula is C34H32BrN15O3. The third-order valence-corrected chi connectivity index (χ3v) is 7.35. The van der Waals surface area contributed by atoms with E-state index in [4.69, 9.17) is 22.9 Å². The van der Waals surface area contributed by atoms with Crippen molar-refractivity contribution in [1.29, 1.82) is 0 Å². The number of imidazole rings is 2. The topological polar surface area (TPSA) is 294 Å². The maximum atomic E-state index is 10.8. The van der Waals surface area contributed by atoms with Gasteiger partial charge in [-0.3, -0.25) is 0 Å². The predicted octanol–water partition coefficient (Wildman–Crippen LogP) is 3.45. The van der Waals surface area contributed by atoms with Crippen LogP contribution in [0.1, 0.15) is 27.3 Å². The summed E-state index contributed by atoms with van der Waals surface area (Å²) in [6.07, 6.45) is 5.80. The van der Waals surface area contributed by atoms with Crippen LogP contribution in [0.4, 0.5) is 22.2 Å². The number of nitrogens with one attached hydrogen (secondary N) is 3. The fourth-order valence-corrected chi connectivity index (χ4v) is 4.80. The number of aryl methyl sites for hydroxylation is 2. The molecule has 0 aliphatic rings. The number of halogens is 1. The first kappa shape index (κ1) is 37.1. The van der Waals surface area contributed by atoms with Crippen molar-refractivity contribution < 1.29 is 14.3 Å². The number of methoxy groups -OCH3 is 1. The molecule has 0 spiro atoms. The van der Waals surface area contributed by atoms with Crippen LogP contribution in [0.2, 0.25) is 0 Å². The standard InChI is InChI=1S/C16H15N7O.C12H10BrN5.C6H7N3O2/c1-9-4-5-11-12(7-9)23-15(22-11)13-14(17)20-8-10(21-13)3-2-6-19-16(18)24;1-6-2-3-7-8(4-6)17-12(16-7)10-11(14)15-5-9(13)18-10;1-11-6(10)4-5(7)9-3-2-8-4/h4-5,7-8H,6H2,1H3,(H2,17,20)(H,22,23)(H3,18,19,24);2-5H,1H3,(H2,14,15)(H,16,17);2-3H,1H3,(H2,7,9). The van der Waals surface area contributed by atoms with Crippen LogP contribution < -0.4 is 28.3 Å². The molecule has 2 aromatic carbocycles. The maximum absolute atomic E-state index is 10.8. The number of hydrogen-bond acceptors (Lipinski definition) is 14. The van der Waals surface area contributed by atoms with Crippen LogP contribution in [0.15, 0.2) is 65.8 Å². The lowest BCUT2D eigenvalue weighted by molar-refractivity contribution is 0.0595. The van der Waals surface area contributed by atoms with Crippen molar-refractivity contribution in [3.8, 4) is 34.9 Å². The molecule has 0 fully saturated rings. The van der Waals surface area contributed by atoms with Gasteiger partial charge in [0.25, 0.3) is 0 Å². The van der Waals surface area contributed by atoms with Crippen LogP contribution in [-0.4, -0.2) is 75.5 Å². The summed E-state index contributed by atoms with van der Waals surface area (Å²) in [4.78, 5) is 60.9. The maximum Gasteiger partial charge on any atom is 0.360 e. The van der Waals surface area contributed by atoms with Crippen LogP contribution >= 0.6 is 15.9 Å². The number of carbonyl (C=O) groups is 2. The first-order valence-electron chi connectivity index (χ1n) is 15.4. The first-order chi connectivity index (χ1) is 25.4. The molecule has 5 aromatic heterocycles. The minimum atomic E-state index is -0.633. The zero-order chi connectivity index (χ0) is 38.1. The first-order valence-corrected chi connectivity index (χ1v) is 16.2. The van der Waals surface area contributed by atoms with Crippen molar-refractivity contribution in [3.05, 3.63) is 88.3 Å². The van der Waals surface area contributed by atoms with E-state index in [1.807, 2.05) is 50.2 Å². The van der Waals surface area contributed by atoms with Gasteiger partial charge in [-0.2, -0.15) is 0 Å². The highest BCUT2D eigenvalue weighted by Gasteiger charge is 2.14. The number of nitrogens with zero attached hydrogens (tertiary/aromatic N) is 8. The second kappa shape index (κ2) is 16.7. The summed E-state index contributed by atoms with van der Waals surface area (Å²) in [7, 11) is 1.26. The Morgan fingerprint density at radius 3 is 1.92 bits per heavy atom. The Kier molecular flexibility index (Phi) is 11.7. The van der Waals surface area contributed by atoms with Gasteiger partial charge in [-0.05, 0) is 71.1 Å². The van der Waals surface area contributed by atoms with E-state index >= 15 is 0 Å². The normalized spacial score (nSPS) is 10.3. The van der Waals surface area contributed by atoms with Crippen molar-refractivity contribution in [2.24, 2.45) is 5.73 Å². The van der Waals surface area contributed by atoms with Gasteiger partial charge in [0.1, 0.15) is 21.7 Å². The lowest BCUT2D eigenvalue weighted by Crippen LogP contribution is -2.29. The Balaban J connectivity index is 0.000000164. The summed E-state index contributed by atoms with van der Waals surface area (Å²) >= 11 is 3.28. The average Bonchev–Trinajstić information content (AvgIpc) is 3.76. The Morgan fingerprint density at radius 2 is 1.36 bits per heavy atom. The van der Waals surface area contributed by atoms with Gasteiger partial charge >= 0.3 is 12.0 Å². The van der Waals surface area contributed by atoms with E-state index in [1.165, 1.54) is 31.3 Å². The van der Waals surface area contributed by atoms with Crippen molar-refractivity contribution >= 4 is 67.5 Å². The fraction of sp³-hybridized carbons (Fsp3) is 0.118. The zero-order valence-corrected chi connectivity index (χ0v) is 30.1. The summed E-state index contributed by atoms with van der Waals surface area (Å²) in [5.41, 5.74) is 29.3. The van der Waals surface area contributed by atoms with Gasteiger partial charge in [0.2, 0.25) is 0 Å². The number of amides is 2. The fourth-order valence-electron chi connectivity index (χ4n) is 4.52. The van der Waals surface area contributed by atoms with Crippen LogP contribution in [0, 0.1) is 25.7 Å². The molecule has 0 saturated heterocycles. The number of urea groups is 1. The summed E-state index contributed by atoms with van der Waals surface area (Å²) in [6, 6.07) is 11.3. The Bertz CT molecular complexity index is 2510. The number of primary amides is 1. The summed E-state index contributed by atoms with van der Waals surface area (Å²) < 4.78 is 5.02. The molecule has 268 valence electrons.